The minimum Gasteiger partial charge on any atom is -0.343 e. The van der Waals surface area contributed by atoms with Crippen molar-refractivity contribution < 1.29 is 0 Å². The fourth-order valence-electron chi connectivity index (χ4n) is 2.24. The molecule has 14 heavy (non-hydrogen) atoms. The van der Waals surface area contributed by atoms with Gasteiger partial charge in [0.05, 0.1) is 0 Å². The number of nitrogens with zero attached hydrogens (tertiary/aromatic N) is 1. The molecule has 0 fully saturated rings. The van der Waals surface area contributed by atoms with E-state index >= 15 is 0 Å². The Labute approximate surface area is 87.3 Å². The SMILES string of the molecule is NC1Cc2cc3ccc(Cl)cc3n2C1. The van der Waals surface area contributed by atoms with E-state index in [0.29, 0.717) is 0 Å². The number of nitrogens with two attached hydrogens (primary N) is 1. The molecule has 0 saturated carbocycles. The summed E-state index contributed by atoms with van der Waals surface area (Å²) in [5, 5.41) is 2.05. The smallest absolute Gasteiger partial charge is 0.0497 e. The number of benzene rings is 1. The summed E-state index contributed by atoms with van der Waals surface area (Å²) >= 11 is 5.97. The molecule has 72 valence electrons. The molecule has 0 amide bonds. The molecule has 1 aromatic carbocycles. The Morgan fingerprint density at radius 3 is 3.07 bits per heavy atom. The van der Waals surface area contributed by atoms with Gasteiger partial charge in [0.25, 0.3) is 0 Å². The molecule has 1 aromatic heterocycles. The molecular formula is C11H11ClN2. The fraction of sp³-hybridized carbons (Fsp3) is 0.273. The van der Waals surface area contributed by atoms with Gasteiger partial charge in [-0.05, 0) is 23.6 Å². The molecule has 2 aromatic rings. The summed E-state index contributed by atoms with van der Waals surface area (Å²) in [4.78, 5) is 0. The van der Waals surface area contributed by atoms with E-state index < -0.39 is 0 Å². The average Bonchev–Trinajstić information content (AvgIpc) is 2.62. The highest BCUT2D eigenvalue weighted by Gasteiger charge is 2.20. The molecule has 1 aliphatic heterocycles. The number of aromatic nitrogens is 1. The van der Waals surface area contributed by atoms with Crippen molar-refractivity contribution in [3.63, 3.8) is 0 Å². The Kier molecular flexibility index (Phi) is 1.64. The van der Waals surface area contributed by atoms with Crippen LogP contribution < -0.4 is 5.73 Å². The van der Waals surface area contributed by atoms with Crippen molar-refractivity contribution in [2.24, 2.45) is 5.73 Å². The van der Waals surface area contributed by atoms with Gasteiger partial charge >= 0.3 is 0 Å². The van der Waals surface area contributed by atoms with E-state index in [1.807, 2.05) is 12.1 Å². The number of hydrogen-bond acceptors (Lipinski definition) is 1. The van der Waals surface area contributed by atoms with Gasteiger partial charge in [0, 0.05) is 35.2 Å². The molecule has 3 rings (SSSR count). The molecular weight excluding hydrogens is 196 g/mol. The molecule has 1 unspecified atom stereocenters. The monoisotopic (exact) mass is 206 g/mol. The lowest BCUT2D eigenvalue weighted by Crippen LogP contribution is -2.20. The second kappa shape index (κ2) is 2.75. The highest BCUT2D eigenvalue weighted by molar-refractivity contribution is 6.31. The van der Waals surface area contributed by atoms with Crippen molar-refractivity contribution in [3.05, 3.63) is 35.0 Å². The molecule has 2 heterocycles. The van der Waals surface area contributed by atoms with Crippen LogP contribution in [0.4, 0.5) is 0 Å². The maximum absolute atomic E-state index is 5.97. The zero-order valence-corrected chi connectivity index (χ0v) is 8.46. The summed E-state index contributed by atoms with van der Waals surface area (Å²) in [6.07, 6.45) is 0.978. The van der Waals surface area contributed by atoms with Gasteiger partial charge in [0.15, 0.2) is 0 Å². The third-order valence-electron chi connectivity index (χ3n) is 2.84. The second-order valence-electron chi connectivity index (χ2n) is 3.91. The van der Waals surface area contributed by atoms with Crippen molar-refractivity contribution in [1.82, 2.24) is 4.57 Å². The first-order valence-corrected chi connectivity index (χ1v) is 5.15. The molecule has 1 aliphatic rings. The van der Waals surface area contributed by atoms with Crippen LogP contribution in [0.25, 0.3) is 10.9 Å². The summed E-state index contributed by atoms with van der Waals surface area (Å²) in [7, 11) is 0. The Hall–Kier alpha value is -0.990. The zero-order chi connectivity index (χ0) is 9.71. The molecule has 0 radical (unpaired) electrons. The summed E-state index contributed by atoms with van der Waals surface area (Å²) in [6.45, 7) is 0.916. The standard InChI is InChI=1S/C11H11ClN2/c12-8-2-1-7-3-10-5-9(13)6-14(10)11(7)4-8/h1-4,9H,5-6,13H2. The fourth-order valence-corrected chi connectivity index (χ4v) is 2.40. The number of fused-ring (bicyclic) bond motifs is 3. The van der Waals surface area contributed by atoms with Crippen LogP contribution in [0.3, 0.4) is 0 Å². The molecule has 1 atom stereocenters. The predicted octanol–water partition coefficient (Wildman–Crippen LogP) is 2.18. The molecule has 2 N–H and O–H groups in total. The van der Waals surface area contributed by atoms with Crippen LogP contribution in [0, 0.1) is 0 Å². The summed E-state index contributed by atoms with van der Waals surface area (Å²) in [5.41, 5.74) is 8.44. The van der Waals surface area contributed by atoms with Crippen LogP contribution in [-0.4, -0.2) is 10.6 Å². The van der Waals surface area contributed by atoms with Crippen molar-refractivity contribution in [1.29, 1.82) is 0 Å². The molecule has 0 saturated heterocycles. The van der Waals surface area contributed by atoms with Crippen molar-refractivity contribution in [2.45, 2.75) is 19.0 Å². The third kappa shape index (κ3) is 1.08. The minimum absolute atomic E-state index is 0.272. The van der Waals surface area contributed by atoms with Crippen molar-refractivity contribution in [2.75, 3.05) is 0 Å². The van der Waals surface area contributed by atoms with E-state index in [4.69, 9.17) is 17.3 Å². The van der Waals surface area contributed by atoms with E-state index in [0.717, 1.165) is 18.0 Å². The van der Waals surface area contributed by atoms with Gasteiger partial charge in [-0.15, -0.1) is 0 Å². The maximum Gasteiger partial charge on any atom is 0.0497 e. The molecule has 0 aliphatic carbocycles. The van der Waals surface area contributed by atoms with Crippen LogP contribution in [0.15, 0.2) is 24.3 Å². The lowest BCUT2D eigenvalue weighted by atomic mass is 10.2. The highest BCUT2D eigenvalue weighted by Crippen LogP contribution is 2.27. The normalized spacial score (nSPS) is 20.3. The largest absolute Gasteiger partial charge is 0.343 e. The second-order valence-corrected chi connectivity index (χ2v) is 4.35. The van der Waals surface area contributed by atoms with Gasteiger partial charge in [-0.2, -0.15) is 0 Å². The van der Waals surface area contributed by atoms with Gasteiger partial charge < -0.3 is 10.3 Å². The van der Waals surface area contributed by atoms with E-state index in [-0.39, 0.29) is 6.04 Å². The Balaban J connectivity index is 2.30. The van der Waals surface area contributed by atoms with E-state index in [1.54, 1.807) is 0 Å². The first kappa shape index (κ1) is 8.33. The summed E-state index contributed by atoms with van der Waals surface area (Å²) in [5.74, 6) is 0. The maximum atomic E-state index is 5.97. The average molecular weight is 207 g/mol. The quantitative estimate of drug-likeness (QED) is 0.704. The van der Waals surface area contributed by atoms with Gasteiger partial charge in [-0.25, -0.2) is 0 Å². The van der Waals surface area contributed by atoms with Crippen LogP contribution >= 0.6 is 11.6 Å². The Morgan fingerprint density at radius 1 is 1.36 bits per heavy atom. The zero-order valence-electron chi connectivity index (χ0n) is 7.70. The summed E-state index contributed by atoms with van der Waals surface area (Å²) < 4.78 is 2.27. The number of hydrogen-bond donors (Lipinski definition) is 1. The van der Waals surface area contributed by atoms with Crippen LogP contribution in [0.5, 0.6) is 0 Å². The minimum atomic E-state index is 0.272. The molecule has 0 spiro atoms. The Morgan fingerprint density at radius 2 is 2.21 bits per heavy atom. The van der Waals surface area contributed by atoms with Gasteiger partial charge in [-0.1, -0.05) is 17.7 Å². The summed E-state index contributed by atoms with van der Waals surface area (Å²) in [6, 6.07) is 8.48. The van der Waals surface area contributed by atoms with E-state index in [2.05, 4.69) is 16.7 Å². The first-order chi connectivity index (χ1) is 6.74. The lowest BCUT2D eigenvalue weighted by molar-refractivity contribution is 0.652. The Bertz CT molecular complexity index is 501. The topological polar surface area (TPSA) is 30.9 Å². The first-order valence-electron chi connectivity index (χ1n) is 4.77. The van der Waals surface area contributed by atoms with E-state index in [1.165, 1.54) is 16.6 Å². The molecule has 0 bridgehead atoms. The van der Waals surface area contributed by atoms with Crippen molar-refractivity contribution >= 4 is 22.5 Å². The van der Waals surface area contributed by atoms with Crippen LogP contribution in [-0.2, 0) is 13.0 Å². The van der Waals surface area contributed by atoms with Gasteiger partial charge in [-0.3, -0.25) is 0 Å². The number of rotatable bonds is 0. The van der Waals surface area contributed by atoms with Gasteiger partial charge in [0.2, 0.25) is 0 Å². The molecule has 3 heteroatoms. The lowest BCUT2D eigenvalue weighted by Gasteiger charge is -2.02. The van der Waals surface area contributed by atoms with Crippen molar-refractivity contribution in [3.8, 4) is 0 Å². The molecule has 2 nitrogen and oxygen atoms in total. The van der Waals surface area contributed by atoms with Crippen LogP contribution in [0.2, 0.25) is 5.02 Å². The van der Waals surface area contributed by atoms with Crippen LogP contribution in [0.1, 0.15) is 5.69 Å². The van der Waals surface area contributed by atoms with E-state index in [9.17, 15) is 0 Å². The van der Waals surface area contributed by atoms with Gasteiger partial charge in [0.1, 0.15) is 0 Å². The number of halogens is 1. The third-order valence-corrected chi connectivity index (χ3v) is 3.08. The predicted molar refractivity (Wildman–Crippen MR) is 58.6 cm³/mol. The highest BCUT2D eigenvalue weighted by atomic mass is 35.5.